The van der Waals surface area contributed by atoms with Crippen molar-refractivity contribution in [2.24, 2.45) is 10.2 Å². The maximum atomic E-state index is 12.8. The number of aromatic hydroxyl groups is 1. The van der Waals surface area contributed by atoms with Gasteiger partial charge in [0.05, 0.1) is 30.8 Å². The topological polar surface area (TPSA) is 113 Å². The molecule has 0 spiro atoms. The fraction of sp³-hybridized carbons (Fsp3) is 0.0588. The first-order valence-corrected chi connectivity index (χ1v) is 10.6. The summed E-state index contributed by atoms with van der Waals surface area (Å²) < 4.78 is 23.7. The summed E-state index contributed by atoms with van der Waals surface area (Å²) in [6.07, 6.45) is 1.66. The predicted octanol–water partition coefficient (Wildman–Crippen LogP) is 3.37. The molecule has 0 saturated heterocycles. The van der Waals surface area contributed by atoms with Gasteiger partial charge in [-0.3, -0.25) is 4.79 Å². The minimum absolute atomic E-state index is 0.0480. The number of nitrogens with two attached hydrogens (primary N) is 1. The van der Waals surface area contributed by atoms with Crippen molar-refractivity contribution in [3.63, 3.8) is 0 Å². The van der Waals surface area contributed by atoms with Crippen LogP contribution in [0.5, 0.6) is 5.75 Å². The lowest BCUT2D eigenvalue weighted by Crippen LogP contribution is -2.21. The Kier molecular flexibility index (Phi) is 5.26. The zero-order valence-corrected chi connectivity index (χ0v) is 17.8. The molecule has 2 aromatic rings. The number of carbonyl (C=O) groups is 1. The van der Waals surface area contributed by atoms with Crippen molar-refractivity contribution in [2.45, 2.75) is 11.8 Å². The highest BCUT2D eigenvalue weighted by Gasteiger charge is 2.29. The van der Waals surface area contributed by atoms with E-state index in [4.69, 9.17) is 5.14 Å². The number of phenols is 1. The summed E-state index contributed by atoms with van der Waals surface area (Å²) in [5.41, 5.74) is 2.00. The van der Waals surface area contributed by atoms with Gasteiger partial charge in [-0.2, -0.15) is 10.1 Å². The second-order valence-corrected chi connectivity index (χ2v) is 9.00. The summed E-state index contributed by atoms with van der Waals surface area (Å²) in [5.74, 6) is -0.284. The van der Waals surface area contributed by atoms with Crippen molar-refractivity contribution in [3.8, 4) is 5.75 Å². The summed E-state index contributed by atoms with van der Waals surface area (Å²) in [6.45, 7) is 1.70. The normalized spacial score (nSPS) is 16.1. The van der Waals surface area contributed by atoms with E-state index in [0.717, 1.165) is 0 Å². The molecule has 0 atom stereocenters. The van der Waals surface area contributed by atoms with Crippen LogP contribution < -0.4 is 10.1 Å². The van der Waals surface area contributed by atoms with Crippen molar-refractivity contribution in [3.05, 3.63) is 56.5 Å². The van der Waals surface area contributed by atoms with E-state index in [9.17, 15) is 18.3 Å². The molecule has 3 rings (SSSR count). The second-order valence-electron chi connectivity index (χ2n) is 5.73. The summed E-state index contributed by atoms with van der Waals surface area (Å²) in [6, 6.07) is 8.92. The number of primary sulfonamides is 1. The Morgan fingerprint density at radius 1 is 1.15 bits per heavy atom. The number of hydrogen-bond donors (Lipinski definition) is 2. The van der Waals surface area contributed by atoms with Gasteiger partial charge in [0.25, 0.3) is 5.91 Å². The first-order chi connectivity index (χ1) is 12.6. The van der Waals surface area contributed by atoms with Crippen molar-refractivity contribution in [1.82, 2.24) is 0 Å². The van der Waals surface area contributed by atoms with Crippen LogP contribution in [0, 0.1) is 0 Å². The number of rotatable bonds is 3. The number of benzene rings is 2. The summed E-state index contributed by atoms with van der Waals surface area (Å²) >= 11 is 6.51. The highest BCUT2D eigenvalue weighted by molar-refractivity contribution is 9.11. The van der Waals surface area contributed by atoms with Crippen molar-refractivity contribution in [2.75, 3.05) is 5.01 Å². The molecule has 1 heterocycles. The Bertz CT molecular complexity index is 1090. The van der Waals surface area contributed by atoms with Gasteiger partial charge in [-0.15, -0.1) is 0 Å². The molecule has 1 amide bonds. The van der Waals surface area contributed by atoms with Crippen LogP contribution >= 0.6 is 31.9 Å². The predicted molar refractivity (Wildman–Crippen MR) is 110 cm³/mol. The van der Waals surface area contributed by atoms with Gasteiger partial charge < -0.3 is 5.11 Å². The van der Waals surface area contributed by atoms with Gasteiger partial charge in [-0.25, -0.2) is 13.6 Å². The average molecular weight is 515 g/mol. The van der Waals surface area contributed by atoms with Crippen LogP contribution in [0.25, 0.3) is 6.08 Å². The lowest BCUT2D eigenvalue weighted by Gasteiger charge is -2.12. The SMILES string of the molecule is CC1=NN(c2ccc(S(N)(=O)=O)cc2)C(=O)/C1=C\c1cc(Br)c(O)c(Br)c1. The van der Waals surface area contributed by atoms with Crippen LogP contribution in [-0.2, 0) is 14.8 Å². The molecule has 0 unspecified atom stereocenters. The van der Waals surface area contributed by atoms with Gasteiger partial charge in [0, 0.05) is 0 Å². The van der Waals surface area contributed by atoms with Gasteiger partial charge in [-0.1, -0.05) is 0 Å². The lowest BCUT2D eigenvalue weighted by atomic mass is 10.1. The third-order valence-electron chi connectivity index (χ3n) is 3.82. The standard InChI is InChI=1S/C17H13Br2N3O4S/c1-9-13(6-10-7-14(18)16(23)15(19)8-10)17(24)22(21-9)11-2-4-12(5-3-11)27(20,25)26/h2-8,23H,1H3,(H2,20,25,26)/b13-6-. The minimum Gasteiger partial charge on any atom is -0.506 e. The van der Waals surface area contributed by atoms with Crippen LogP contribution in [0.1, 0.15) is 12.5 Å². The molecule has 3 N–H and O–H groups in total. The van der Waals surface area contributed by atoms with Crippen molar-refractivity contribution < 1.29 is 18.3 Å². The minimum atomic E-state index is -3.81. The van der Waals surface area contributed by atoms with Crippen LogP contribution in [0.3, 0.4) is 0 Å². The number of hydrazone groups is 1. The number of sulfonamides is 1. The number of hydrogen-bond acceptors (Lipinski definition) is 5. The van der Waals surface area contributed by atoms with E-state index in [0.29, 0.717) is 31.5 Å². The third kappa shape index (κ3) is 3.98. The molecule has 140 valence electrons. The van der Waals surface area contributed by atoms with Crippen LogP contribution in [0.4, 0.5) is 5.69 Å². The Labute approximate surface area is 172 Å². The maximum Gasteiger partial charge on any atom is 0.280 e. The molecule has 7 nitrogen and oxygen atoms in total. The van der Waals surface area contributed by atoms with Gasteiger partial charge >= 0.3 is 0 Å². The highest BCUT2D eigenvalue weighted by atomic mass is 79.9. The molecule has 0 bridgehead atoms. The number of nitrogens with zero attached hydrogens (tertiary/aromatic N) is 2. The van der Waals surface area contributed by atoms with Gasteiger partial charge in [0.2, 0.25) is 10.0 Å². The quantitative estimate of drug-likeness (QED) is 0.611. The zero-order valence-electron chi connectivity index (χ0n) is 13.8. The Morgan fingerprint density at radius 3 is 2.22 bits per heavy atom. The van der Waals surface area contributed by atoms with Gasteiger partial charge in [-0.05, 0) is 86.8 Å². The van der Waals surface area contributed by atoms with Gasteiger partial charge in [0.1, 0.15) is 5.75 Å². The molecule has 0 saturated carbocycles. The van der Waals surface area contributed by atoms with E-state index in [1.807, 2.05) is 0 Å². The second kappa shape index (κ2) is 7.19. The molecule has 1 aliphatic rings. The molecule has 0 aliphatic carbocycles. The molecule has 10 heteroatoms. The number of anilines is 1. The fourth-order valence-corrected chi connectivity index (χ4v) is 4.21. The number of amides is 1. The van der Waals surface area contributed by atoms with Gasteiger partial charge in [0.15, 0.2) is 0 Å². The fourth-order valence-electron chi connectivity index (χ4n) is 2.47. The highest BCUT2D eigenvalue weighted by Crippen LogP contribution is 2.34. The number of phenolic OH excluding ortho intramolecular Hbond substituents is 1. The lowest BCUT2D eigenvalue weighted by molar-refractivity contribution is -0.114. The maximum absolute atomic E-state index is 12.8. The zero-order chi connectivity index (χ0) is 19.9. The Hall–Kier alpha value is -2.01. The first-order valence-electron chi connectivity index (χ1n) is 7.50. The molecular formula is C17H13Br2N3O4S. The van der Waals surface area contributed by atoms with E-state index in [-0.39, 0.29) is 16.6 Å². The molecule has 2 aromatic carbocycles. The van der Waals surface area contributed by atoms with Crippen molar-refractivity contribution >= 4 is 65.3 Å². The van der Waals surface area contributed by atoms with E-state index in [1.165, 1.54) is 29.3 Å². The van der Waals surface area contributed by atoms with E-state index >= 15 is 0 Å². The van der Waals surface area contributed by atoms with E-state index in [1.54, 1.807) is 25.1 Å². The van der Waals surface area contributed by atoms with Crippen LogP contribution in [0.2, 0.25) is 0 Å². The molecule has 0 aromatic heterocycles. The average Bonchev–Trinajstić information content (AvgIpc) is 2.87. The molecular weight excluding hydrogens is 502 g/mol. The molecule has 0 fully saturated rings. The monoisotopic (exact) mass is 513 g/mol. The summed E-state index contributed by atoms with van der Waals surface area (Å²) in [7, 11) is -3.81. The van der Waals surface area contributed by atoms with E-state index in [2.05, 4.69) is 37.0 Å². The Balaban J connectivity index is 1.95. The Morgan fingerprint density at radius 2 is 1.70 bits per heavy atom. The van der Waals surface area contributed by atoms with Crippen LogP contribution in [-0.4, -0.2) is 25.1 Å². The third-order valence-corrected chi connectivity index (χ3v) is 5.96. The summed E-state index contributed by atoms with van der Waals surface area (Å²) in [4.78, 5) is 12.7. The molecule has 1 aliphatic heterocycles. The van der Waals surface area contributed by atoms with Crippen molar-refractivity contribution in [1.29, 1.82) is 0 Å². The largest absolute Gasteiger partial charge is 0.506 e. The van der Waals surface area contributed by atoms with Crippen LogP contribution in [0.15, 0.2) is 60.9 Å². The smallest absolute Gasteiger partial charge is 0.280 e. The molecule has 0 radical (unpaired) electrons. The van der Waals surface area contributed by atoms with E-state index < -0.39 is 10.0 Å². The summed E-state index contributed by atoms with van der Waals surface area (Å²) in [5, 5.41) is 20.3. The first kappa shape index (κ1) is 19.7. The number of carbonyl (C=O) groups excluding carboxylic acids is 1. The number of halogens is 2. The molecule has 27 heavy (non-hydrogen) atoms.